The van der Waals surface area contributed by atoms with Gasteiger partial charge in [-0.2, -0.15) is 0 Å². The van der Waals surface area contributed by atoms with E-state index in [9.17, 15) is 9.59 Å². The van der Waals surface area contributed by atoms with Crippen molar-refractivity contribution in [3.05, 3.63) is 35.4 Å². The van der Waals surface area contributed by atoms with Crippen molar-refractivity contribution in [1.29, 1.82) is 0 Å². The van der Waals surface area contributed by atoms with Gasteiger partial charge in [0.05, 0.1) is 12.7 Å². The van der Waals surface area contributed by atoms with Crippen molar-refractivity contribution in [3.63, 3.8) is 0 Å². The molecule has 1 aliphatic rings. The number of methoxy groups -OCH3 is 1. The molecule has 0 spiro atoms. The predicted molar refractivity (Wildman–Crippen MR) is 64.1 cm³/mol. The number of hydrogen-bond donors (Lipinski definition) is 0. The van der Waals surface area contributed by atoms with Crippen LogP contribution in [-0.2, 0) is 4.74 Å². The fourth-order valence-electron chi connectivity index (χ4n) is 2.01. The number of esters is 1. The number of carbonyl (C=O) groups is 2. The van der Waals surface area contributed by atoms with E-state index in [-0.39, 0.29) is 5.78 Å². The predicted octanol–water partition coefficient (Wildman–Crippen LogP) is 2.85. The minimum Gasteiger partial charge on any atom is -0.465 e. The molecule has 0 saturated heterocycles. The van der Waals surface area contributed by atoms with Crippen molar-refractivity contribution in [2.24, 2.45) is 5.92 Å². The average molecular weight is 232 g/mol. The third kappa shape index (κ3) is 2.73. The lowest BCUT2D eigenvalue weighted by Gasteiger charge is -2.24. The highest BCUT2D eigenvalue weighted by atomic mass is 16.5. The van der Waals surface area contributed by atoms with Gasteiger partial charge in [-0.15, -0.1) is 0 Å². The molecule has 0 aliphatic heterocycles. The molecule has 1 aliphatic carbocycles. The molecule has 0 radical (unpaired) electrons. The summed E-state index contributed by atoms with van der Waals surface area (Å²) in [6.45, 7) is 0. The van der Waals surface area contributed by atoms with Gasteiger partial charge in [0.1, 0.15) is 0 Å². The molecular weight excluding hydrogens is 216 g/mol. The van der Waals surface area contributed by atoms with E-state index in [0.717, 1.165) is 12.8 Å². The average Bonchev–Trinajstić information content (AvgIpc) is 2.32. The van der Waals surface area contributed by atoms with Gasteiger partial charge in [-0.3, -0.25) is 4.79 Å². The van der Waals surface area contributed by atoms with Crippen LogP contribution in [0.5, 0.6) is 0 Å². The molecule has 0 heterocycles. The maximum absolute atomic E-state index is 12.0. The Labute approximate surface area is 101 Å². The summed E-state index contributed by atoms with van der Waals surface area (Å²) < 4.78 is 4.63. The second-order valence-electron chi connectivity index (χ2n) is 4.50. The number of Topliss-reactive ketones (excluding diaryl/α,β-unsaturated/α-hetero) is 1. The van der Waals surface area contributed by atoms with Crippen LogP contribution in [0.2, 0.25) is 0 Å². The van der Waals surface area contributed by atoms with Crippen LogP contribution in [-0.4, -0.2) is 18.9 Å². The van der Waals surface area contributed by atoms with Crippen LogP contribution in [0.4, 0.5) is 0 Å². The lowest BCUT2D eigenvalue weighted by molar-refractivity contribution is 0.0600. The summed E-state index contributed by atoms with van der Waals surface area (Å²) in [5, 5.41) is 0. The molecule has 1 aromatic rings. The Hall–Kier alpha value is -1.64. The highest BCUT2D eigenvalue weighted by molar-refractivity contribution is 5.99. The molecule has 17 heavy (non-hydrogen) atoms. The number of hydrogen-bond acceptors (Lipinski definition) is 3. The third-order valence-electron chi connectivity index (χ3n) is 3.30. The van der Waals surface area contributed by atoms with Crippen LogP contribution in [0.1, 0.15) is 46.4 Å². The molecule has 1 aromatic carbocycles. The van der Waals surface area contributed by atoms with Crippen LogP contribution in [0.15, 0.2) is 24.3 Å². The van der Waals surface area contributed by atoms with E-state index >= 15 is 0 Å². The first-order chi connectivity index (χ1) is 8.20. The topological polar surface area (TPSA) is 43.4 Å². The van der Waals surface area contributed by atoms with Gasteiger partial charge in [-0.05, 0) is 18.1 Å². The zero-order valence-electron chi connectivity index (χ0n) is 9.94. The summed E-state index contributed by atoms with van der Waals surface area (Å²) in [5.41, 5.74) is 1.05. The molecule has 0 bridgehead atoms. The zero-order chi connectivity index (χ0) is 12.3. The summed E-state index contributed by atoms with van der Waals surface area (Å²) in [4.78, 5) is 23.3. The monoisotopic (exact) mass is 232 g/mol. The second-order valence-corrected chi connectivity index (χ2v) is 4.50. The lowest BCUT2D eigenvalue weighted by Crippen LogP contribution is -2.16. The Bertz CT molecular complexity index is 433. The highest BCUT2D eigenvalue weighted by Gasteiger charge is 2.21. The quantitative estimate of drug-likeness (QED) is 0.592. The van der Waals surface area contributed by atoms with Gasteiger partial charge in [0, 0.05) is 12.0 Å². The Kier molecular flexibility index (Phi) is 3.57. The number of ether oxygens (including phenoxy) is 1. The first-order valence-electron chi connectivity index (χ1n) is 5.92. The molecule has 0 aromatic heterocycles. The van der Waals surface area contributed by atoms with E-state index in [1.807, 2.05) is 0 Å². The molecule has 0 unspecified atom stereocenters. The van der Waals surface area contributed by atoms with Gasteiger partial charge < -0.3 is 4.74 Å². The van der Waals surface area contributed by atoms with E-state index < -0.39 is 5.97 Å². The normalized spacial score (nSPS) is 15.1. The highest BCUT2D eigenvalue weighted by Crippen LogP contribution is 2.30. The van der Waals surface area contributed by atoms with Gasteiger partial charge in [-0.1, -0.05) is 31.4 Å². The van der Waals surface area contributed by atoms with Crippen LogP contribution < -0.4 is 0 Å². The molecule has 1 saturated carbocycles. The minimum atomic E-state index is -0.400. The SMILES string of the molecule is COC(=O)c1cccc(C(=O)CC2CCC2)c1. The Morgan fingerprint density at radius 3 is 2.59 bits per heavy atom. The Morgan fingerprint density at radius 1 is 1.29 bits per heavy atom. The maximum atomic E-state index is 12.0. The van der Waals surface area contributed by atoms with E-state index in [1.54, 1.807) is 24.3 Å². The molecule has 3 nitrogen and oxygen atoms in total. The fourth-order valence-corrected chi connectivity index (χ4v) is 2.01. The number of ketones is 1. The van der Waals surface area contributed by atoms with E-state index in [0.29, 0.717) is 23.5 Å². The Balaban J connectivity index is 2.09. The molecule has 0 N–H and O–H groups in total. The summed E-state index contributed by atoms with van der Waals surface area (Å²) >= 11 is 0. The molecule has 90 valence electrons. The Morgan fingerprint density at radius 2 is 2.00 bits per heavy atom. The summed E-state index contributed by atoms with van der Waals surface area (Å²) in [6, 6.07) is 6.76. The van der Waals surface area contributed by atoms with Crippen LogP contribution in [0.3, 0.4) is 0 Å². The third-order valence-corrected chi connectivity index (χ3v) is 3.30. The van der Waals surface area contributed by atoms with Gasteiger partial charge in [0.2, 0.25) is 0 Å². The standard InChI is InChI=1S/C14H16O3/c1-17-14(16)12-7-3-6-11(9-12)13(15)8-10-4-2-5-10/h3,6-7,9-10H,2,4-5,8H2,1H3. The molecular formula is C14H16O3. The van der Waals surface area contributed by atoms with Crippen molar-refractivity contribution in [3.8, 4) is 0 Å². The molecule has 0 amide bonds. The molecule has 1 fully saturated rings. The number of benzene rings is 1. The van der Waals surface area contributed by atoms with Crippen LogP contribution >= 0.6 is 0 Å². The molecule has 0 atom stereocenters. The first-order valence-corrected chi connectivity index (χ1v) is 5.92. The van der Waals surface area contributed by atoms with E-state index in [1.165, 1.54) is 13.5 Å². The lowest BCUT2D eigenvalue weighted by atomic mass is 9.81. The first kappa shape index (κ1) is 11.8. The van der Waals surface area contributed by atoms with E-state index in [4.69, 9.17) is 0 Å². The van der Waals surface area contributed by atoms with Crippen molar-refractivity contribution in [2.75, 3.05) is 7.11 Å². The van der Waals surface area contributed by atoms with Gasteiger partial charge in [-0.25, -0.2) is 4.79 Å². The van der Waals surface area contributed by atoms with Gasteiger partial charge >= 0.3 is 5.97 Å². The van der Waals surface area contributed by atoms with Crippen molar-refractivity contribution < 1.29 is 14.3 Å². The maximum Gasteiger partial charge on any atom is 0.337 e. The summed E-state index contributed by atoms with van der Waals surface area (Å²) in [5.74, 6) is 0.271. The molecule has 2 rings (SSSR count). The molecule has 3 heteroatoms. The second kappa shape index (κ2) is 5.13. The van der Waals surface area contributed by atoms with Crippen LogP contribution in [0.25, 0.3) is 0 Å². The van der Waals surface area contributed by atoms with Crippen molar-refractivity contribution >= 4 is 11.8 Å². The van der Waals surface area contributed by atoms with E-state index in [2.05, 4.69) is 4.74 Å². The van der Waals surface area contributed by atoms with Crippen molar-refractivity contribution in [1.82, 2.24) is 0 Å². The minimum absolute atomic E-state index is 0.125. The summed E-state index contributed by atoms with van der Waals surface area (Å²) in [6.07, 6.45) is 4.15. The number of carbonyl (C=O) groups excluding carboxylic acids is 2. The fraction of sp³-hybridized carbons (Fsp3) is 0.429. The zero-order valence-corrected chi connectivity index (χ0v) is 9.94. The number of rotatable bonds is 4. The van der Waals surface area contributed by atoms with Gasteiger partial charge in [0.15, 0.2) is 5.78 Å². The summed E-state index contributed by atoms with van der Waals surface area (Å²) in [7, 11) is 1.34. The smallest absolute Gasteiger partial charge is 0.337 e. The largest absolute Gasteiger partial charge is 0.465 e. The van der Waals surface area contributed by atoms with Crippen molar-refractivity contribution in [2.45, 2.75) is 25.7 Å². The van der Waals surface area contributed by atoms with Crippen LogP contribution in [0, 0.1) is 5.92 Å². The van der Waals surface area contributed by atoms with Gasteiger partial charge in [0.25, 0.3) is 0 Å².